The minimum absolute atomic E-state index is 0.0920. The van der Waals surface area contributed by atoms with Crippen molar-refractivity contribution in [3.8, 4) is 5.75 Å². The molecule has 4 nitrogen and oxygen atoms in total. The van der Waals surface area contributed by atoms with Crippen molar-refractivity contribution in [1.29, 1.82) is 0 Å². The first kappa shape index (κ1) is 22.2. The number of hydrogen-bond acceptors (Lipinski definition) is 3. The second kappa shape index (κ2) is 10.6. The topological polar surface area (TPSA) is 41.6 Å². The number of anilines is 1. The molecule has 0 saturated carbocycles. The van der Waals surface area contributed by atoms with Crippen LogP contribution in [0.1, 0.15) is 53.7 Å². The molecule has 1 heterocycles. The van der Waals surface area contributed by atoms with E-state index < -0.39 is 0 Å². The van der Waals surface area contributed by atoms with Crippen LogP contribution in [0.5, 0.6) is 5.75 Å². The van der Waals surface area contributed by atoms with Gasteiger partial charge in [0.05, 0.1) is 6.04 Å². The molecule has 166 valence electrons. The molecular formula is C27H29ClN2O2. The maximum atomic E-state index is 12.8. The smallest absolute Gasteiger partial charge is 0.251 e. The Labute approximate surface area is 195 Å². The molecule has 1 atom stereocenters. The van der Waals surface area contributed by atoms with Crippen molar-refractivity contribution in [2.24, 2.45) is 0 Å². The van der Waals surface area contributed by atoms with Crippen molar-refractivity contribution in [2.45, 2.75) is 38.8 Å². The van der Waals surface area contributed by atoms with Crippen molar-refractivity contribution >= 4 is 23.2 Å². The van der Waals surface area contributed by atoms with Gasteiger partial charge in [-0.15, -0.1) is 0 Å². The number of piperidine rings is 1. The average molecular weight is 449 g/mol. The van der Waals surface area contributed by atoms with Gasteiger partial charge in [0, 0.05) is 34.9 Å². The molecule has 1 amide bonds. The van der Waals surface area contributed by atoms with E-state index >= 15 is 0 Å². The predicted molar refractivity (Wildman–Crippen MR) is 131 cm³/mol. The lowest BCUT2D eigenvalue weighted by Gasteiger charge is -2.29. The molecule has 0 radical (unpaired) electrons. The minimum atomic E-state index is -0.124. The van der Waals surface area contributed by atoms with E-state index in [1.807, 2.05) is 43.3 Å². The summed E-state index contributed by atoms with van der Waals surface area (Å²) in [5, 5.41) is 3.76. The molecule has 0 aromatic heterocycles. The van der Waals surface area contributed by atoms with Crippen molar-refractivity contribution in [3.05, 3.63) is 94.5 Å². The van der Waals surface area contributed by atoms with Gasteiger partial charge in [-0.3, -0.25) is 4.79 Å². The summed E-state index contributed by atoms with van der Waals surface area (Å²) in [6.07, 6.45) is 3.84. The van der Waals surface area contributed by atoms with E-state index in [2.05, 4.69) is 34.5 Å². The van der Waals surface area contributed by atoms with E-state index in [1.165, 1.54) is 24.9 Å². The number of amides is 1. The molecule has 0 aliphatic carbocycles. The first-order valence-electron chi connectivity index (χ1n) is 11.2. The highest BCUT2D eigenvalue weighted by Crippen LogP contribution is 2.23. The fraction of sp³-hybridized carbons (Fsp3) is 0.296. The van der Waals surface area contributed by atoms with Crippen LogP contribution in [0.3, 0.4) is 0 Å². The molecule has 32 heavy (non-hydrogen) atoms. The summed E-state index contributed by atoms with van der Waals surface area (Å²) in [6.45, 7) is 4.61. The number of hydrogen-bond donors (Lipinski definition) is 1. The number of rotatable bonds is 7. The molecule has 4 rings (SSSR count). The number of carbonyl (C=O) groups is 1. The Morgan fingerprint density at radius 2 is 1.75 bits per heavy atom. The van der Waals surface area contributed by atoms with E-state index in [-0.39, 0.29) is 11.9 Å². The Morgan fingerprint density at radius 3 is 2.50 bits per heavy atom. The molecule has 5 heteroatoms. The van der Waals surface area contributed by atoms with E-state index in [1.54, 1.807) is 12.1 Å². The molecule has 1 aliphatic rings. The SMILES string of the molecule is CC(NC(=O)c1cccc(OCc2ccccc2Cl)c1)c1ccc(N2CCCCC2)cc1. The summed E-state index contributed by atoms with van der Waals surface area (Å²) in [5.74, 6) is 0.511. The van der Waals surface area contributed by atoms with Gasteiger partial charge in [-0.1, -0.05) is 48.0 Å². The highest BCUT2D eigenvalue weighted by Gasteiger charge is 2.14. The van der Waals surface area contributed by atoms with Gasteiger partial charge in [-0.25, -0.2) is 0 Å². The molecule has 3 aromatic rings. The zero-order chi connectivity index (χ0) is 22.3. The van der Waals surface area contributed by atoms with Crippen LogP contribution < -0.4 is 15.0 Å². The molecule has 3 aromatic carbocycles. The van der Waals surface area contributed by atoms with Crippen LogP contribution in [0, 0.1) is 0 Å². The number of nitrogens with zero attached hydrogens (tertiary/aromatic N) is 1. The third-order valence-electron chi connectivity index (χ3n) is 5.91. The van der Waals surface area contributed by atoms with Gasteiger partial charge in [0.1, 0.15) is 12.4 Å². The summed E-state index contributed by atoms with van der Waals surface area (Å²) in [6, 6.07) is 23.3. The molecular weight excluding hydrogens is 420 g/mol. The van der Waals surface area contributed by atoms with Crippen molar-refractivity contribution in [3.63, 3.8) is 0 Å². The third kappa shape index (κ3) is 5.63. The molecule has 1 saturated heterocycles. The van der Waals surface area contributed by atoms with Gasteiger partial charge < -0.3 is 15.0 Å². The van der Waals surface area contributed by atoms with Crippen LogP contribution >= 0.6 is 11.6 Å². The van der Waals surface area contributed by atoms with Gasteiger partial charge in [0.2, 0.25) is 0 Å². The summed E-state index contributed by atoms with van der Waals surface area (Å²) in [5.41, 5.74) is 3.82. The highest BCUT2D eigenvalue weighted by atomic mass is 35.5. The highest BCUT2D eigenvalue weighted by molar-refractivity contribution is 6.31. The van der Waals surface area contributed by atoms with Crippen LogP contribution in [0.25, 0.3) is 0 Å². The molecule has 1 aliphatic heterocycles. The summed E-state index contributed by atoms with van der Waals surface area (Å²) >= 11 is 6.19. The largest absolute Gasteiger partial charge is 0.489 e. The lowest BCUT2D eigenvalue weighted by molar-refractivity contribution is 0.0939. The van der Waals surface area contributed by atoms with Crippen LogP contribution in [-0.4, -0.2) is 19.0 Å². The molecule has 1 N–H and O–H groups in total. The van der Waals surface area contributed by atoms with E-state index in [0.717, 1.165) is 24.2 Å². The average Bonchev–Trinajstić information content (AvgIpc) is 2.84. The Kier molecular flexibility index (Phi) is 7.33. The quantitative estimate of drug-likeness (QED) is 0.454. The van der Waals surface area contributed by atoms with Gasteiger partial charge in [-0.05, 0) is 68.1 Å². The molecule has 0 bridgehead atoms. The first-order valence-corrected chi connectivity index (χ1v) is 11.6. The molecule has 1 fully saturated rings. The van der Waals surface area contributed by atoms with Crippen LogP contribution in [0.4, 0.5) is 5.69 Å². The van der Waals surface area contributed by atoms with Crippen LogP contribution in [0.2, 0.25) is 5.02 Å². The van der Waals surface area contributed by atoms with Crippen molar-refractivity contribution < 1.29 is 9.53 Å². The summed E-state index contributed by atoms with van der Waals surface area (Å²) in [4.78, 5) is 15.3. The lowest BCUT2D eigenvalue weighted by atomic mass is 10.1. The monoisotopic (exact) mass is 448 g/mol. The Morgan fingerprint density at radius 1 is 1.00 bits per heavy atom. The number of ether oxygens (including phenoxy) is 1. The van der Waals surface area contributed by atoms with Gasteiger partial charge in [-0.2, -0.15) is 0 Å². The van der Waals surface area contributed by atoms with E-state index in [0.29, 0.717) is 22.9 Å². The first-order chi connectivity index (χ1) is 15.6. The minimum Gasteiger partial charge on any atom is -0.489 e. The van der Waals surface area contributed by atoms with E-state index in [9.17, 15) is 4.79 Å². The third-order valence-corrected chi connectivity index (χ3v) is 6.28. The zero-order valence-corrected chi connectivity index (χ0v) is 19.1. The Hall–Kier alpha value is -2.98. The van der Waals surface area contributed by atoms with Gasteiger partial charge in [0.25, 0.3) is 5.91 Å². The van der Waals surface area contributed by atoms with Crippen LogP contribution in [0.15, 0.2) is 72.8 Å². The molecule has 1 unspecified atom stereocenters. The second-order valence-corrected chi connectivity index (χ2v) is 8.65. The number of nitrogens with one attached hydrogen (secondary N) is 1. The van der Waals surface area contributed by atoms with Crippen LogP contribution in [-0.2, 0) is 6.61 Å². The number of carbonyl (C=O) groups excluding carboxylic acids is 1. The van der Waals surface area contributed by atoms with Crippen molar-refractivity contribution in [2.75, 3.05) is 18.0 Å². The van der Waals surface area contributed by atoms with Gasteiger partial charge in [0.15, 0.2) is 0 Å². The Bertz CT molecular complexity index is 1050. The molecule has 0 spiro atoms. The fourth-order valence-corrected chi connectivity index (χ4v) is 4.18. The zero-order valence-electron chi connectivity index (χ0n) is 18.4. The maximum absolute atomic E-state index is 12.8. The maximum Gasteiger partial charge on any atom is 0.251 e. The second-order valence-electron chi connectivity index (χ2n) is 8.24. The summed E-state index contributed by atoms with van der Waals surface area (Å²) in [7, 11) is 0. The summed E-state index contributed by atoms with van der Waals surface area (Å²) < 4.78 is 5.86. The van der Waals surface area contributed by atoms with E-state index in [4.69, 9.17) is 16.3 Å². The van der Waals surface area contributed by atoms with Crippen molar-refractivity contribution in [1.82, 2.24) is 5.32 Å². The fourth-order valence-electron chi connectivity index (χ4n) is 3.99. The normalized spacial score (nSPS) is 14.6. The lowest BCUT2D eigenvalue weighted by Crippen LogP contribution is -2.29. The van der Waals surface area contributed by atoms with Gasteiger partial charge >= 0.3 is 0 Å². The number of halogens is 1. The Balaban J connectivity index is 1.36. The standard InChI is InChI=1S/C27H29ClN2O2/c1-20(21-12-14-24(15-13-21)30-16-5-2-6-17-30)29-27(31)22-9-7-10-25(18-22)32-19-23-8-3-4-11-26(23)28/h3-4,7-15,18,20H,2,5-6,16-17,19H2,1H3,(H,29,31). The predicted octanol–water partition coefficient (Wildman–Crippen LogP) is 6.40. The number of benzene rings is 3.